The van der Waals surface area contributed by atoms with Crippen molar-refractivity contribution in [1.29, 1.82) is 0 Å². The van der Waals surface area contributed by atoms with E-state index in [9.17, 15) is 4.79 Å². The Morgan fingerprint density at radius 1 is 1.67 bits per heavy atom. The molecule has 15 heavy (non-hydrogen) atoms. The summed E-state index contributed by atoms with van der Waals surface area (Å²) in [5.41, 5.74) is 6.63. The molecule has 0 unspecified atom stereocenters. The number of anilines is 1. The van der Waals surface area contributed by atoms with Crippen LogP contribution in [-0.2, 0) is 0 Å². The second-order valence-corrected chi connectivity index (χ2v) is 4.15. The van der Waals surface area contributed by atoms with Gasteiger partial charge in [-0.15, -0.1) is 0 Å². The number of rotatable bonds is 3. The number of nitrogen functional groups attached to an aromatic ring is 1. The molecule has 0 heterocycles. The zero-order valence-electron chi connectivity index (χ0n) is 8.33. The van der Waals surface area contributed by atoms with Gasteiger partial charge in [0.25, 0.3) is 5.91 Å². The smallest absolute Gasteiger partial charge is 0.251 e. The van der Waals surface area contributed by atoms with Crippen LogP contribution < -0.4 is 11.1 Å². The number of carbonyl (C=O) groups is 1. The van der Waals surface area contributed by atoms with E-state index in [0.717, 1.165) is 4.47 Å². The highest BCUT2D eigenvalue weighted by Gasteiger charge is 2.07. The van der Waals surface area contributed by atoms with Crippen LogP contribution in [0.15, 0.2) is 22.7 Å². The molecule has 4 nitrogen and oxygen atoms in total. The van der Waals surface area contributed by atoms with E-state index >= 15 is 0 Å². The normalized spacial score (nSPS) is 12.2. The fourth-order valence-corrected chi connectivity index (χ4v) is 1.27. The van der Waals surface area contributed by atoms with E-state index in [0.29, 0.717) is 11.3 Å². The van der Waals surface area contributed by atoms with E-state index in [4.69, 9.17) is 10.8 Å². The zero-order chi connectivity index (χ0) is 11.4. The Morgan fingerprint density at radius 3 is 2.87 bits per heavy atom. The molecular weight excluding hydrogens is 260 g/mol. The third-order valence-corrected chi connectivity index (χ3v) is 2.54. The number of nitrogens with two attached hydrogens (primary N) is 1. The third kappa shape index (κ3) is 3.53. The number of hydrogen-bond acceptors (Lipinski definition) is 3. The average Bonchev–Trinajstić information content (AvgIpc) is 2.18. The number of aliphatic hydroxyl groups is 1. The molecule has 1 aromatic rings. The number of benzene rings is 1. The van der Waals surface area contributed by atoms with Gasteiger partial charge in [-0.1, -0.05) is 0 Å². The molecule has 0 aromatic heterocycles. The third-order valence-electron chi connectivity index (χ3n) is 1.82. The van der Waals surface area contributed by atoms with Crippen molar-refractivity contribution in [2.45, 2.75) is 13.0 Å². The van der Waals surface area contributed by atoms with Crippen LogP contribution in [0, 0.1) is 0 Å². The predicted molar refractivity (Wildman–Crippen MR) is 62.6 cm³/mol. The van der Waals surface area contributed by atoms with E-state index in [1.807, 2.05) is 0 Å². The average molecular weight is 273 g/mol. The van der Waals surface area contributed by atoms with Gasteiger partial charge in [0, 0.05) is 22.3 Å². The molecule has 5 heteroatoms. The second-order valence-electron chi connectivity index (χ2n) is 3.30. The van der Waals surface area contributed by atoms with Gasteiger partial charge in [0.2, 0.25) is 0 Å². The van der Waals surface area contributed by atoms with Crippen molar-refractivity contribution in [2.75, 3.05) is 12.3 Å². The number of carbonyl (C=O) groups excluding carboxylic acids is 1. The van der Waals surface area contributed by atoms with Gasteiger partial charge in [0.05, 0.1) is 6.10 Å². The van der Waals surface area contributed by atoms with E-state index in [1.54, 1.807) is 25.1 Å². The van der Waals surface area contributed by atoms with Crippen LogP contribution in [0.25, 0.3) is 0 Å². The highest BCUT2D eigenvalue weighted by atomic mass is 79.9. The first kappa shape index (κ1) is 12.0. The van der Waals surface area contributed by atoms with Crippen molar-refractivity contribution in [3.63, 3.8) is 0 Å². The molecular formula is C10H13BrN2O2. The highest BCUT2D eigenvalue weighted by molar-refractivity contribution is 9.10. The fourth-order valence-electron chi connectivity index (χ4n) is 1.03. The van der Waals surface area contributed by atoms with Crippen LogP contribution in [0.1, 0.15) is 17.3 Å². The number of halogens is 1. The summed E-state index contributed by atoms with van der Waals surface area (Å²) in [4.78, 5) is 11.5. The van der Waals surface area contributed by atoms with Crippen molar-refractivity contribution >= 4 is 27.5 Å². The number of amides is 1. The van der Waals surface area contributed by atoms with Gasteiger partial charge < -0.3 is 16.2 Å². The maximum absolute atomic E-state index is 11.5. The quantitative estimate of drug-likeness (QED) is 0.723. The molecule has 0 fully saturated rings. The van der Waals surface area contributed by atoms with Gasteiger partial charge in [-0.25, -0.2) is 0 Å². The minimum Gasteiger partial charge on any atom is -0.398 e. The molecule has 0 radical (unpaired) electrons. The lowest BCUT2D eigenvalue weighted by atomic mass is 10.2. The molecule has 0 aliphatic heterocycles. The molecule has 0 bridgehead atoms. The Bertz CT molecular complexity index is 366. The zero-order valence-corrected chi connectivity index (χ0v) is 9.91. The summed E-state index contributed by atoms with van der Waals surface area (Å²) < 4.78 is 0.759. The highest BCUT2D eigenvalue weighted by Crippen LogP contribution is 2.19. The van der Waals surface area contributed by atoms with Crippen molar-refractivity contribution in [3.8, 4) is 0 Å². The maximum Gasteiger partial charge on any atom is 0.251 e. The van der Waals surface area contributed by atoms with Crippen molar-refractivity contribution in [2.24, 2.45) is 0 Å². The minimum absolute atomic E-state index is 0.231. The molecule has 1 aromatic carbocycles. The van der Waals surface area contributed by atoms with Crippen LogP contribution in [0.4, 0.5) is 5.69 Å². The molecule has 0 saturated heterocycles. The van der Waals surface area contributed by atoms with Gasteiger partial charge in [-0.3, -0.25) is 4.79 Å². The summed E-state index contributed by atoms with van der Waals surface area (Å²) in [7, 11) is 0. The topological polar surface area (TPSA) is 75.3 Å². The Hall–Kier alpha value is -1.07. The maximum atomic E-state index is 11.5. The Kier molecular flexibility index (Phi) is 4.11. The number of hydrogen-bond donors (Lipinski definition) is 3. The molecule has 0 aliphatic carbocycles. The van der Waals surface area contributed by atoms with Crippen molar-refractivity contribution < 1.29 is 9.90 Å². The summed E-state index contributed by atoms with van der Waals surface area (Å²) >= 11 is 3.24. The summed E-state index contributed by atoms with van der Waals surface area (Å²) in [6.45, 7) is 1.84. The summed E-state index contributed by atoms with van der Waals surface area (Å²) in [5, 5.41) is 11.6. The number of nitrogens with one attached hydrogen (secondary N) is 1. The van der Waals surface area contributed by atoms with E-state index in [1.165, 1.54) is 0 Å². The summed E-state index contributed by atoms with van der Waals surface area (Å²) in [6, 6.07) is 4.96. The Labute approximate surface area is 96.6 Å². The molecule has 0 aliphatic rings. The Morgan fingerprint density at radius 2 is 2.33 bits per heavy atom. The van der Waals surface area contributed by atoms with Gasteiger partial charge in [-0.05, 0) is 41.1 Å². The van der Waals surface area contributed by atoms with Crippen LogP contribution in [0.2, 0.25) is 0 Å². The lowest BCUT2D eigenvalue weighted by Crippen LogP contribution is -2.30. The second kappa shape index (κ2) is 5.14. The molecule has 1 rings (SSSR count). The number of aliphatic hydroxyl groups excluding tert-OH is 1. The van der Waals surface area contributed by atoms with Gasteiger partial charge in [-0.2, -0.15) is 0 Å². The van der Waals surface area contributed by atoms with Gasteiger partial charge in [0.15, 0.2) is 0 Å². The molecule has 0 saturated carbocycles. The SMILES string of the molecule is C[C@@H](O)CNC(=O)c1ccc(Br)c(N)c1. The van der Waals surface area contributed by atoms with Crippen LogP contribution in [0.5, 0.6) is 0 Å². The molecule has 1 amide bonds. The van der Waals surface area contributed by atoms with Crippen molar-refractivity contribution in [3.05, 3.63) is 28.2 Å². The summed E-state index contributed by atoms with van der Waals surface area (Å²) in [6.07, 6.45) is -0.554. The van der Waals surface area contributed by atoms with Gasteiger partial charge in [0.1, 0.15) is 0 Å². The largest absolute Gasteiger partial charge is 0.398 e. The first-order chi connectivity index (χ1) is 7.00. The monoisotopic (exact) mass is 272 g/mol. The first-order valence-corrected chi connectivity index (χ1v) is 5.31. The summed E-state index contributed by atoms with van der Waals surface area (Å²) in [5.74, 6) is -0.241. The fraction of sp³-hybridized carbons (Fsp3) is 0.300. The van der Waals surface area contributed by atoms with Crippen LogP contribution in [0.3, 0.4) is 0 Å². The van der Waals surface area contributed by atoms with Gasteiger partial charge >= 0.3 is 0 Å². The molecule has 82 valence electrons. The van der Waals surface area contributed by atoms with E-state index < -0.39 is 6.10 Å². The molecule has 4 N–H and O–H groups in total. The van der Waals surface area contributed by atoms with E-state index in [2.05, 4.69) is 21.2 Å². The standard InChI is InChI=1S/C10H13BrN2O2/c1-6(14)5-13-10(15)7-2-3-8(11)9(12)4-7/h2-4,6,14H,5,12H2,1H3,(H,13,15)/t6-/m1/s1. The van der Waals surface area contributed by atoms with Crippen molar-refractivity contribution in [1.82, 2.24) is 5.32 Å². The van der Waals surface area contributed by atoms with E-state index in [-0.39, 0.29) is 12.5 Å². The lowest BCUT2D eigenvalue weighted by molar-refractivity contribution is 0.0924. The van der Waals surface area contributed by atoms with Crippen LogP contribution >= 0.6 is 15.9 Å². The lowest BCUT2D eigenvalue weighted by Gasteiger charge is -2.07. The molecule has 1 atom stereocenters. The minimum atomic E-state index is -0.554. The first-order valence-electron chi connectivity index (χ1n) is 4.52. The van der Waals surface area contributed by atoms with Crippen LogP contribution in [-0.4, -0.2) is 23.7 Å². The predicted octanol–water partition coefficient (Wildman–Crippen LogP) is 1.14. The molecule has 0 spiro atoms. The Balaban J connectivity index is 2.70.